The van der Waals surface area contributed by atoms with Crippen LogP contribution in [-0.4, -0.2) is 18.7 Å². The van der Waals surface area contributed by atoms with Gasteiger partial charge in [-0.15, -0.1) is 0 Å². The largest absolute Gasteiger partial charge is 0.495 e. The summed E-state index contributed by atoms with van der Waals surface area (Å²) < 4.78 is 33.2. The van der Waals surface area contributed by atoms with E-state index >= 15 is 0 Å². The summed E-state index contributed by atoms with van der Waals surface area (Å²) in [7, 11) is 1.56. The topological polar surface area (TPSA) is 31.4 Å². The Kier molecular flexibility index (Phi) is 3.72. The van der Waals surface area contributed by atoms with Crippen molar-refractivity contribution in [1.29, 1.82) is 0 Å². The second-order valence-corrected chi connectivity index (χ2v) is 3.49. The first-order chi connectivity index (χ1) is 8.69. The summed E-state index contributed by atoms with van der Waals surface area (Å²) >= 11 is 0. The van der Waals surface area contributed by atoms with Gasteiger partial charge in [-0.25, -0.2) is 0 Å². The Balaban J connectivity index is 2.17. The number of pyridine rings is 1. The van der Waals surface area contributed by atoms with Gasteiger partial charge < -0.3 is 9.47 Å². The number of ether oxygens (including phenoxy) is 2. The Bertz CT molecular complexity index is 497. The molecule has 0 amide bonds. The maximum absolute atomic E-state index is 12.0. The van der Waals surface area contributed by atoms with Crippen molar-refractivity contribution >= 4 is 0 Å². The second-order valence-electron chi connectivity index (χ2n) is 3.49. The van der Waals surface area contributed by atoms with Gasteiger partial charge in [0.15, 0.2) is 0 Å². The minimum atomic E-state index is -2.81. The fourth-order valence-electron chi connectivity index (χ4n) is 1.48. The van der Waals surface area contributed by atoms with Crippen LogP contribution in [0.25, 0.3) is 11.3 Å². The molecule has 94 valence electrons. The summed E-state index contributed by atoms with van der Waals surface area (Å²) in [6, 6.07) is 9.88. The van der Waals surface area contributed by atoms with Crippen molar-refractivity contribution in [3.05, 3.63) is 42.6 Å². The number of aromatic nitrogens is 1. The summed E-state index contributed by atoms with van der Waals surface area (Å²) in [6.45, 7) is -2.81. The first-order valence-electron chi connectivity index (χ1n) is 5.24. The fourth-order valence-corrected chi connectivity index (χ4v) is 1.48. The zero-order valence-corrected chi connectivity index (χ0v) is 9.64. The molecule has 0 saturated carbocycles. The van der Waals surface area contributed by atoms with Crippen LogP contribution in [0.5, 0.6) is 11.5 Å². The van der Waals surface area contributed by atoms with Gasteiger partial charge in [0.2, 0.25) is 0 Å². The average Bonchev–Trinajstić information content (AvgIpc) is 2.39. The summed E-state index contributed by atoms with van der Waals surface area (Å²) in [4.78, 5) is 4.20. The van der Waals surface area contributed by atoms with Crippen molar-refractivity contribution in [3.8, 4) is 22.8 Å². The van der Waals surface area contributed by atoms with Crippen LogP contribution < -0.4 is 9.47 Å². The molecule has 0 aliphatic rings. The molecule has 0 saturated heterocycles. The third-order valence-electron chi connectivity index (χ3n) is 2.35. The fraction of sp³-hybridized carbons (Fsp3) is 0.154. The highest BCUT2D eigenvalue weighted by Crippen LogP contribution is 2.22. The van der Waals surface area contributed by atoms with E-state index in [4.69, 9.17) is 4.74 Å². The second kappa shape index (κ2) is 5.44. The Morgan fingerprint density at radius 1 is 1.00 bits per heavy atom. The van der Waals surface area contributed by atoms with E-state index in [-0.39, 0.29) is 5.75 Å². The standard InChI is InChI=1S/C13H11F2NO2/c1-17-11-6-7-12(16-8-11)9-2-4-10(5-3-9)18-13(14)15/h2-8,13H,1H3. The highest BCUT2D eigenvalue weighted by atomic mass is 19.3. The number of rotatable bonds is 4. The Morgan fingerprint density at radius 3 is 2.17 bits per heavy atom. The quantitative estimate of drug-likeness (QED) is 0.835. The molecule has 0 fully saturated rings. The molecule has 0 bridgehead atoms. The molecule has 18 heavy (non-hydrogen) atoms. The van der Waals surface area contributed by atoms with Gasteiger partial charge in [-0.3, -0.25) is 4.98 Å². The minimum Gasteiger partial charge on any atom is -0.495 e. The van der Waals surface area contributed by atoms with Crippen LogP contribution in [0.15, 0.2) is 42.6 Å². The highest BCUT2D eigenvalue weighted by molar-refractivity contribution is 5.60. The molecule has 2 rings (SSSR count). The van der Waals surface area contributed by atoms with Crippen LogP contribution in [0.1, 0.15) is 0 Å². The number of benzene rings is 1. The minimum absolute atomic E-state index is 0.127. The Hall–Kier alpha value is -2.17. The average molecular weight is 251 g/mol. The normalized spacial score (nSPS) is 10.4. The van der Waals surface area contributed by atoms with Gasteiger partial charge in [-0.2, -0.15) is 8.78 Å². The number of alkyl halides is 2. The van der Waals surface area contributed by atoms with E-state index in [1.165, 1.54) is 12.1 Å². The molecule has 0 spiro atoms. The van der Waals surface area contributed by atoms with Crippen molar-refractivity contribution in [1.82, 2.24) is 4.98 Å². The van der Waals surface area contributed by atoms with Crippen LogP contribution in [0.3, 0.4) is 0 Å². The Labute approximate surface area is 103 Å². The zero-order chi connectivity index (χ0) is 13.0. The van der Waals surface area contributed by atoms with Gasteiger partial charge >= 0.3 is 6.61 Å². The molecule has 1 heterocycles. The Morgan fingerprint density at radius 2 is 1.67 bits per heavy atom. The molecule has 3 nitrogen and oxygen atoms in total. The molecule has 0 N–H and O–H groups in total. The maximum Gasteiger partial charge on any atom is 0.387 e. The summed E-state index contributed by atoms with van der Waals surface area (Å²) in [5.41, 5.74) is 1.55. The molecule has 2 aromatic rings. The SMILES string of the molecule is COc1ccc(-c2ccc(OC(F)F)cc2)nc1. The van der Waals surface area contributed by atoms with E-state index in [0.717, 1.165) is 11.3 Å². The van der Waals surface area contributed by atoms with E-state index < -0.39 is 6.61 Å². The lowest BCUT2D eigenvalue weighted by molar-refractivity contribution is -0.0498. The molecule has 0 radical (unpaired) electrons. The molecular weight excluding hydrogens is 240 g/mol. The lowest BCUT2D eigenvalue weighted by Gasteiger charge is -2.06. The molecule has 1 aromatic carbocycles. The number of hydrogen-bond acceptors (Lipinski definition) is 3. The van der Waals surface area contributed by atoms with Crippen LogP contribution in [-0.2, 0) is 0 Å². The molecule has 0 aliphatic carbocycles. The number of halogens is 2. The maximum atomic E-state index is 12.0. The van der Waals surface area contributed by atoms with Crippen LogP contribution in [0, 0.1) is 0 Å². The van der Waals surface area contributed by atoms with Crippen molar-refractivity contribution in [3.63, 3.8) is 0 Å². The predicted octanol–water partition coefficient (Wildman–Crippen LogP) is 3.36. The van der Waals surface area contributed by atoms with Gasteiger partial charge in [0.1, 0.15) is 11.5 Å². The van der Waals surface area contributed by atoms with Gasteiger partial charge in [-0.1, -0.05) is 0 Å². The smallest absolute Gasteiger partial charge is 0.387 e. The highest BCUT2D eigenvalue weighted by Gasteiger charge is 2.05. The van der Waals surface area contributed by atoms with E-state index in [9.17, 15) is 8.78 Å². The summed E-state index contributed by atoms with van der Waals surface area (Å²) in [5, 5.41) is 0. The molecule has 0 unspecified atom stereocenters. The summed E-state index contributed by atoms with van der Waals surface area (Å²) in [5.74, 6) is 0.790. The van der Waals surface area contributed by atoms with Crippen molar-refractivity contribution in [2.24, 2.45) is 0 Å². The van der Waals surface area contributed by atoms with Gasteiger partial charge in [-0.05, 0) is 36.4 Å². The summed E-state index contributed by atoms with van der Waals surface area (Å²) in [6.07, 6.45) is 1.60. The van der Waals surface area contributed by atoms with E-state index in [1.807, 2.05) is 0 Å². The zero-order valence-electron chi connectivity index (χ0n) is 9.64. The van der Waals surface area contributed by atoms with E-state index in [2.05, 4.69) is 9.72 Å². The molecule has 0 atom stereocenters. The molecule has 5 heteroatoms. The monoisotopic (exact) mass is 251 g/mol. The number of nitrogens with zero attached hydrogens (tertiary/aromatic N) is 1. The lowest BCUT2D eigenvalue weighted by Crippen LogP contribution is -2.01. The predicted molar refractivity (Wildman–Crippen MR) is 62.9 cm³/mol. The van der Waals surface area contributed by atoms with Gasteiger partial charge in [0.05, 0.1) is 19.0 Å². The van der Waals surface area contributed by atoms with Crippen molar-refractivity contribution < 1.29 is 18.3 Å². The van der Waals surface area contributed by atoms with Crippen LogP contribution in [0.2, 0.25) is 0 Å². The number of methoxy groups -OCH3 is 1. The lowest BCUT2D eigenvalue weighted by atomic mass is 10.1. The first-order valence-corrected chi connectivity index (χ1v) is 5.24. The van der Waals surface area contributed by atoms with E-state index in [1.54, 1.807) is 37.6 Å². The van der Waals surface area contributed by atoms with Crippen LogP contribution in [0.4, 0.5) is 8.78 Å². The van der Waals surface area contributed by atoms with Crippen molar-refractivity contribution in [2.75, 3.05) is 7.11 Å². The van der Waals surface area contributed by atoms with Crippen LogP contribution >= 0.6 is 0 Å². The van der Waals surface area contributed by atoms with Gasteiger partial charge in [0.25, 0.3) is 0 Å². The van der Waals surface area contributed by atoms with E-state index in [0.29, 0.717) is 5.75 Å². The molecular formula is C13H11F2NO2. The van der Waals surface area contributed by atoms with Crippen molar-refractivity contribution in [2.45, 2.75) is 6.61 Å². The first kappa shape index (κ1) is 12.3. The third-order valence-corrected chi connectivity index (χ3v) is 2.35. The van der Waals surface area contributed by atoms with Gasteiger partial charge in [0, 0.05) is 5.56 Å². The molecule has 0 aliphatic heterocycles. The molecule has 1 aromatic heterocycles. The third kappa shape index (κ3) is 2.94. The number of hydrogen-bond donors (Lipinski definition) is 0.